The molecule has 0 amide bonds. The fourth-order valence-electron chi connectivity index (χ4n) is 1.50. The van der Waals surface area contributed by atoms with E-state index in [0.717, 1.165) is 32.7 Å². The topological polar surface area (TPSA) is 21.3 Å². The molecule has 0 saturated carbocycles. The summed E-state index contributed by atoms with van der Waals surface area (Å²) in [4.78, 5) is 0. The zero-order valence-electron chi connectivity index (χ0n) is 9.84. The van der Waals surface area contributed by atoms with Crippen molar-refractivity contribution in [3.63, 3.8) is 0 Å². The Hall–Kier alpha value is -0.570. The van der Waals surface area contributed by atoms with E-state index in [2.05, 4.69) is 23.5 Å². The Bertz CT molecular complexity index is 291. The first-order valence-electron chi connectivity index (χ1n) is 5.79. The van der Waals surface area contributed by atoms with Gasteiger partial charge in [0.1, 0.15) is 0 Å². The molecule has 0 saturated heterocycles. The molecule has 1 aromatic rings. The van der Waals surface area contributed by atoms with Gasteiger partial charge in [-0.2, -0.15) is 0 Å². The summed E-state index contributed by atoms with van der Waals surface area (Å²) in [6.07, 6.45) is 1.06. The lowest BCUT2D eigenvalue weighted by Crippen LogP contribution is -2.16. The first-order valence-corrected chi connectivity index (χ1v) is 6.32. The zero-order chi connectivity index (χ0) is 11.6. The van der Waals surface area contributed by atoms with E-state index >= 15 is 0 Å². The molecule has 16 heavy (non-hydrogen) atoms. The minimum atomic E-state index is 0.582. The first-order chi connectivity index (χ1) is 7.86. The van der Waals surface area contributed by atoms with E-state index in [1.165, 1.54) is 11.1 Å². The van der Waals surface area contributed by atoms with Crippen LogP contribution in [0.3, 0.4) is 0 Å². The van der Waals surface area contributed by atoms with E-state index in [0.29, 0.717) is 5.88 Å². The van der Waals surface area contributed by atoms with Crippen molar-refractivity contribution in [3.8, 4) is 0 Å². The van der Waals surface area contributed by atoms with Gasteiger partial charge in [0.15, 0.2) is 0 Å². The Morgan fingerprint density at radius 3 is 2.88 bits per heavy atom. The van der Waals surface area contributed by atoms with Gasteiger partial charge in [0, 0.05) is 25.6 Å². The molecule has 0 atom stereocenters. The van der Waals surface area contributed by atoms with Gasteiger partial charge in [0.2, 0.25) is 0 Å². The van der Waals surface area contributed by atoms with Gasteiger partial charge in [-0.25, -0.2) is 0 Å². The summed E-state index contributed by atoms with van der Waals surface area (Å²) in [5, 5.41) is 3.39. The minimum Gasteiger partial charge on any atom is -0.382 e. The molecule has 0 unspecified atom stereocenters. The van der Waals surface area contributed by atoms with E-state index in [-0.39, 0.29) is 0 Å². The van der Waals surface area contributed by atoms with Crippen molar-refractivity contribution in [2.24, 2.45) is 0 Å². The summed E-state index contributed by atoms with van der Waals surface area (Å²) >= 11 is 5.78. The van der Waals surface area contributed by atoms with Crippen molar-refractivity contribution in [1.82, 2.24) is 5.32 Å². The van der Waals surface area contributed by atoms with Gasteiger partial charge in [-0.3, -0.25) is 0 Å². The van der Waals surface area contributed by atoms with Crippen LogP contribution in [0.2, 0.25) is 0 Å². The highest BCUT2D eigenvalue weighted by Crippen LogP contribution is 2.07. The lowest BCUT2D eigenvalue weighted by atomic mass is 10.1. The van der Waals surface area contributed by atoms with Crippen LogP contribution in [0.5, 0.6) is 0 Å². The Kier molecular flexibility index (Phi) is 7.23. The maximum atomic E-state index is 5.78. The maximum absolute atomic E-state index is 5.78. The molecule has 90 valence electrons. The molecule has 0 fully saturated rings. The predicted octanol–water partition coefficient (Wildman–Crippen LogP) is 2.94. The van der Waals surface area contributed by atoms with Gasteiger partial charge in [-0.1, -0.05) is 24.3 Å². The number of ether oxygens (including phenoxy) is 1. The molecule has 0 bridgehead atoms. The molecule has 0 aliphatic carbocycles. The average Bonchev–Trinajstić information content (AvgIpc) is 2.34. The lowest BCUT2D eigenvalue weighted by Gasteiger charge is -2.06. The maximum Gasteiger partial charge on any atom is 0.0477 e. The highest BCUT2D eigenvalue weighted by molar-refractivity contribution is 6.17. The summed E-state index contributed by atoms with van der Waals surface area (Å²) in [5.74, 6) is 0.582. The Labute approximate surface area is 103 Å². The molecule has 1 rings (SSSR count). The number of hydrogen-bond acceptors (Lipinski definition) is 2. The van der Waals surface area contributed by atoms with Crippen LogP contribution < -0.4 is 5.32 Å². The Morgan fingerprint density at radius 1 is 1.31 bits per heavy atom. The monoisotopic (exact) mass is 241 g/mol. The van der Waals surface area contributed by atoms with Crippen molar-refractivity contribution in [2.75, 3.05) is 19.8 Å². The molecule has 2 nitrogen and oxygen atoms in total. The molecule has 0 spiro atoms. The van der Waals surface area contributed by atoms with Crippen molar-refractivity contribution >= 4 is 11.6 Å². The number of benzene rings is 1. The van der Waals surface area contributed by atoms with Gasteiger partial charge in [0.05, 0.1) is 0 Å². The minimum absolute atomic E-state index is 0.582. The van der Waals surface area contributed by atoms with Crippen LogP contribution in [0.25, 0.3) is 0 Å². The molecule has 0 aliphatic rings. The van der Waals surface area contributed by atoms with Crippen molar-refractivity contribution in [3.05, 3.63) is 35.4 Å². The smallest absolute Gasteiger partial charge is 0.0477 e. The van der Waals surface area contributed by atoms with Gasteiger partial charge >= 0.3 is 0 Å². The molecule has 1 aromatic carbocycles. The van der Waals surface area contributed by atoms with Crippen LogP contribution in [0.1, 0.15) is 24.5 Å². The van der Waals surface area contributed by atoms with E-state index in [4.69, 9.17) is 16.3 Å². The molecular weight excluding hydrogens is 222 g/mol. The Balaban J connectivity index is 2.16. The van der Waals surface area contributed by atoms with Gasteiger partial charge in [0.25, 0.3) is 0 Å². The van der Waals surface area contributed by atoms with Crippen molar-refractivity contribution < 1.29 is 4.74 Å². The summed E-state index contributed by atoms with van der Waals surface area (Å²) in [7, 11) is 0. The zero-order valence-corrected chi connectivity index (χ0v) is 10.6. The molecular formula is C13H20ClNO. The largest absolute Gasteiger partial charge is 0.382 e. The second-order valence-electron chi connectivity index (χ2n) is 3.68. The fraction of sp³-hybridized carbons (Fsp3) is 0.538. The van der Waals surface area contributed by atoms with E-state index in [1.807, 2.05) is 13.0 Å². The van der Waals surface area contributed by atoms with Crippen LogP contribution >= 0.6 is 11.6 Å². The predicted molar refractivity (Wildman–Crippen MR) is 68.8 cm³/mol. The van der Waals surface area contributed by atoms with E-state index < -0.39 is 0 Å². The van der Waals surface area contributed by atoms with Crippen LogP contribution in [0, 0.1) is 0 Å². The first kappa shape index (κ1) is 13.5. The molecule has 3 heteroatoms. The van der Waals surface area contributed by atoms with Crippen LogP contribution in [0.4, 0.5) is 0 Å². The number of nitrogens with one attached hydrogen (secondary N) is 1. The number of rotatable bonds is 8. The van der Waals surface area contributed by atoms with Gasteiger partial charge in [-0.05, 0) is 31.0 Å². The standard InChI is InChI=1S/C13H20ClNO/c1-2-16-8-4-7-15-11-13-6-3-5-12(9-13)10-14/h3,5-6,9,15H,2,4,7-8,10-11H2,1H3. The van der Waals surface area contributed by atoms with E-state index in [1.54, 1.807) is 0 Å². The molecule has 0 radical (unpaired) electrons. The van der Waals surface area contributed by atoms with Gasteiger partial charge in [-0.15, -0.1) is 11.6 Å². The highest BCUT2D eigenvalue weighted by Gasteiger charge is 1.95. The molecule has 0 heterocycles. The van der Waals surface area contributed by atoms with Gasteiger partial charge < -0.3 is 10.1 Å². The molecule has 0 aromatic heterocycles. The van der Waals surface area contributed by atoms with Crippen molar-refractivity contribution in [2.45, 2.75) is 25.8 Å². The third-order valence-electron chi connectivity index (χ3n) is 2.32. The second kappa shape index (κ2) is 8.57. The third kappa shape index (κ3) is 5.50. The fourth-order valence-corrected chi connectivity index (χ4v) is 1.67. The summed E-state index contributed by atoms with van der Waals surface area (Å²) in [5.41, 5.74) is 2.46. The Morgan fingerprint density at radius 2 is 2.12 bits per heavy atom. The molecule has 0 aliphatic heterocycles. The number of hydrogen-bond donors (Lipinski definition) is 1. The lowest BCUT2D eigenvalue weighted by molar-refractivity contribution is 0.144. The quantitative estimate of drug-likeness (QED) is 0.558. The average molecular weight is 242 g/mol. The summed E-state index contributed by atoms with van der Waals surface area (Å²) < 4.78 is 5.26. The summed E-state index contributed by atoms with van der Waals surface area (Å²) in [6.45, 7) is 5.55. The van der Waals surface area contributed by atoms with Crippen LogP contribution in [0.15, 0.2) is 24.3 Å². The van der Waals surface area contributed by atoms with Crippen LogP contribution in [-0.2, 0) is 17.2 Å². The summed E-state index contributed by atoms with van der Waals surface area (Å²) in [6, 6.07) is 8.36. The van der Waals surface area contributed by atoms with Crippen molar-refractivity contribution in [1.29, 1.82) is 0 Å². The van der Waals surface area contributed by atoms with E-state index in [9.17, 15) is 0 Å². The second-order valence-corrected chi connectivity index (χ2v) is 3.95. The van der Waals surface area contributed by atoms with Crippen LogP contribution in [-0.4, -0.2) is 19.8 Å². The number of halogens is 1. The highest BCUT2D eigenvalue weighted by atomic mass is 35.5. The number of alkyl halides is 1. The normalized spacial score (nSPS) is 10.6. The third-order valence-corrected chi connectivity index (χ3v) is 2.63. The SMILES string of the molecule is CCOCCCNCc1cccc(CCl)c1. The molecule has 1 N–H and O–H groups in total.